The molecule has 0 saturated carbocycles. The summed E-state index contributed by atoms with van der Waals surface area (Å²) >= 11 is 12.0. The summed E-state index contributed by atoms with van der Waals surface area (Å²) in [5.74, 6) is -0.913. The second-order valence-electron chi connectivity index (χ2n) is 6.45. The van der Waals surface area contributed by atoms with Gasteiger partial charge in [-0.1, -0.05) is 29.3 Å². The number of likely N-dealkylation sites (tertiary alicyclic amines) is 2. The van der Waals surface area contributed by atoms with Crippen molar-refractivity contribution < 1.29 is 14.7 Å². The highest BCUT2D eigenvalue weighted by Gasteiger charge is 2.41. The Morgan fingerprint density at radius 1 is 1.17 bits per heavy atom. The fourth-order valence-corrected chi connectivity index (χ4v) is 3.98. The second-order valence-corrected chi connectivity index (χ2v) is 7.26. The lowest BCUT2D eigenvalue weighted by Crippen LogP contribution is -2.50. The zero-order chi connectivity index (χ0) is 17.3. The fraction of sp³-hybridized carbons (Fsp3) is 0.529. The van der Waals surface area contributed by atoms with Gasteiger partial charge >= 0.3 is 5.97 Å². The number of benzene rings is 1. The summed E-state index contributed by atoms with van der Waals surface area (Å²) in [5.41, 5.74) is 1.10. The number of carboxylic acids is 1. The summed E-state index contributed by atoms with van der Waals surface area (Å²) in [4.78, 5) is 27.3. The van der Waals surface area contributed by atoms with Crippen molar-refractivity contribution in [3.63, 3.8) is 0 Å². The monoisotopic (exact) mass is 370 g/mol. The maximum absolute atomic E-state index is 12.1. The van der Waals surface area contributed by atoms with E-state index in [2.05, 4.69) is 4.90 Å². The molecule has 3 rings (SSSR count). The third kappa shape index (κ3) is 3.68. The third-order valence-electron chi connectivity index (χ3n) is 4.88. The van der Waals surface area contributed by atoms with Crippen molar-refractivity contribution in [2.24, 2.45) is 0 Å². The van der Waals surface area contributed by atoms with E-state index < -0.39 is 12.0 Å². The molecule has 24 heavy (non-hydrogen) atoms. The first-order chi connectivity index (χ1) is 11.5. The molecule has 1 aromatic carbocycles. The second kappa shape index (κ2) is 7.30. The van der Waals surface area contributed by atoms with Crippen LogP contribution in [0.4, 0.5) is 0 Å². The molecule has 0 spiro atoms. The molecule has 0 radical (unpaired) electrons. The summed E-state index contributed by atoms with van der Waals surface area (Å²) in [6.45, 7) is 2.45. The molecular formula is C17H20Cl2N2O3. The van der Waals surface area contributed by atoms with Gasteiger partial charge in [0.25, 0.3) is 0 Å². The predicted octanol–water partition coefficient (Wildman–Crippen LogP) is 3.03. The van der Waals surface area contributed by atoms with Crippen molar-refractivity contribution in [3.05, 3.63) is 33.8 Å². The first-order valence-corrected chi connectivity index (χ1v) is 8.91. The molecule has 7 heteroatoms. The van der Waals surface area contributed by atoms with E-state index in [0.717, 1.165) is 38.0 Å². The van der Waals surface area contributed by atoms with Crippen LogP contribution in [-0.2, 0) is 16.1 Å². The first kappa shape index (κ1) is 17.5. The Hall–Kier alpha value is -1.30. The Kier molecular flexibility index (Phi) is 5.33. The highest BCUT2D eigenvalue weighted by Crippen LogP contribution is 2.28. The molecule has 0 unspecified atom stereocenters. The zero-order valence-electron chi connectivity index (χ0n) is 13.3. The van der Waals surface area contributed by atoms with Crippen molar-refractivity contribution in [1.82, 2.24) is 9.80 Å². The molecule has 1 atom stereocenters. The number of rotatable bonds is 4. The van der Waals surface area contributed by atoms with Crippen LogP contribution in [0.25, 0.3) is 0 Å². The van der Waals surface area contributed by atoms with Crippen LogP contribution in [0.2, 0.25) is 10.0 Å². The summed E-state index contributed by atoms with van der Waals surface area (Å²) < 4.78 is 0. The number of halogens is 2. The summed E-state index contributed by atoms with van der Waals surface area (Å²) in [6.07, 6.45) is 2.38. The lowest BCUT2D eigenvalue weighted by molar-refractivity contribution is -0.148. The Labute approximate surface area is 151 Å². The molecule has 130 valence electrons. The van der Waals surface area contributed by atoms with Gasteiger partial charge in [0, 0.05) is 32.1 Å². The van der Waals surface area contributed by atoms with E-state index >= 15 is 0 Å². The molecule has 2 heterocycles. The molecule has 0 bridgehead atoms. The minimum absolute atomic E-state index is 0.0228. The molecule has 2 saturated heterocycles. The Morgan fingerprint density at radius 2 is 1.88 bits per heavy atom. The zero-order valence-corrected chi connectivity index (χ0v) is 14.8. The molecular weight excluding hydrogens is 351 g/mol. The van der Waals surface area contributed by atoms with Crippen LogP contribution in [0.15, 0.2) is 18.2 Å². The molecule has 1 aromatic rings. The number of aliphatic carboxylic acids is 1. The molecule has 2 aliphatic rings. The Bertz CT molecular complexity index is 645. The van der Waals surface area contributed by atoms with E-state index in [-0.39, 0.29) is 11.9 Å². The summed E-state index contributed by atoms with van der Waals surface area (Å²) in [6, 6.07) is 5.02. The van der Waals surface area contributed by atoms with Crippen LogP contribution < -0.4 is 0 Å². The van der Waals surface area contributed by atoms with Gasteiger partial charge in [0.15, 0.2) is 0 Å². The van der Waals surface area contributed by atoms with Crippen LogP contribution in [0, 0.1) is 0 Å². The van der Waals surface area contributed by atoms with Gasteiger partial charge in [-0.3, -0.25) is 9.69 Å². The molecule has 2 fully saturated rings. The predicted molar refractivity (Wildman–Crippen MR) is 92.3 cm³/mol. The number of carboxylic acid groups (broad SMARTS) is 1. The van der Waals surface area contributed by atoms with E-state index in [4.69, 9.17) is 23.2 Å². The van der Waals surface area contributed by atoms with Gasteiger partial charge in [0.05, 0.1) is 10.0 Å². The molecule has 2 aliphatic heterocycles. The molecule has 0 aliphatic carbocycles. The Balaban J connectivity index is 1.58. The average molecular weight is 371 g/mol. The quantitative estimate of drug-likeness (QED) is 0.884. The van der Waals surface area contributed by atoms with Gasteiger partial charge in [-0.2, -0.15) is 0 Å². The van der Waals surface area contributed by atoms with Crippen molar-refractivity contribution in [2.45, 2.75) is 44.3 Å². The van der Waals surface area contributed by atoms with Crippen LogP contribution in [0.1, 0.15) is 31.2 Å². The minimum Gasteiger partial charge on any atom is -0.480 e. The van der Waals surface area contributed by atoms with E-state index in [1.807, 2.05) is 12.1 Å². The van der Waals surface area contributed by atoms with Crippen LogP contribution in [-0.4, -0.2) is 52.0 Å². The third-order valence-corrected chi connectivity index (χ3v) is 5.62. The first-order valence-electron chi connectivity index (χ1n) is 8.16. The summed E-state index contributed by atoms with van der Waals surface area (Å²) in [7, 11) is 0. The van der Waals surface area contributed by atoms with Gasteiger partial charge < -0.3 is 10.0 Å². The topological polar surface area (TPSA) is 60.9 Å². The number of carbonyl (C=O) groups excluding carboxylic acids is 1. The lowest BCUT2D eigenvalue weighted by Gasteiger charge is -2.38. The van der Waals surface area contributed by atoms with E-state index in [0.29, 0.717) is 22.9 Å². The Morgan fingerprint density at radius 3 is 2.50 bits per heavy atom. The van der Waals surface area contributed by atoms with Gasteiger partial charge in [-0.25, -0.2) is 4.79 Å². The number of nitrogens with zero attached hydrogens (tertiary/aromatic N) is 2. The normalized spacial score (nSPS) is 23.0. The van der Waals surface area contributed by atoms with E-state index in [1.165, 1.54) is 0 Å². The highest BCUT2D eigenvalue weighted by atomic mass is 35.5. The maximum Gasteiger partial charge on any atom is 0.326 e. The largest absolute Gasteiger partial charge is 0.480 e. The molecule has 1 amide bonds. The minimum atomic E-state index is -0.890. The lowest BCUT2D eigenvalue weighted by atomic mass is 10.0. The van der Waals surface area contributed by atoms with Gasteiger partial charge in [0.1, 0.15) is 6.04 Å². The SMILES string of the molecule is O=C(O)[C@H]1CCC(=O)N1C1CCN(Cc2ccc(Cl)c(Cl)c2)CC1. The maximum atomic E-state index is 12.1. The van der Waals surface area contributed by atoms with Crippen LogP contribution >= 0.6 is 23.2 Å². The van der Waals surface area contributed by atoms with Crippen molar-refractivity contribution in [1.29, 1.82) is 0 Å². The van der Waals surface area contributed by atoms with Crippen molar-refractivity contribution >= 4 is 35.1 Å². The molecule has 5 nitrogen and oxygen atoms in total. The van der Waals surface area contributed by atoms with E-state index in [9.17, 15) is 14.7 Å². The standard InChI is InChI=1S/C17H20Cl2N2O3/c18-13-2-1-11(9-14(13)19)10-20-7-5-12(6-8-20)21-15(17(23)24)3-4-16(21)22/h1-2,9,12,15H,3-8,10H2,(H,23,24)/t15-/m1/s1. The van der Waals surface area contributed by atoms with Crippen LogP contribution in [0.5, 0.6) is 0 Å². The van der Waals surface area contributed by atoms with Gasteiger partial charge in [0.2, 0.25) is 5.91 Å². The number of amides is 1. The summed E-state index contributed by atoms with van der Waals surface area (Å²) in [5, 5.41) is 10.4. The van der Waals surface area contributed by atoms with Crippen molar-refractivity contribution in [3.8, 4) is 0 Å². The molecule has 1 N–H and O–H groups in total. The number of hydrogen-bond acceptors (Lipinski definition) is 3. The van der Waals surface area contributed by atoms with Crippen molar-refractivity contribution in [2.75, 3.05) is 13.1 Å². The average Bonchev–Trinajstić information content (AvgIpc) is 2.94. The van der Waals surface area contributed by atoms with Gasteiger partial charge in [-0.15, -0.1) is 0 Å². The van der Waals surface area contributed by atoms with E-state index in [1.54, 1.807) is 11.0 Å². The smallest absolute Gasteiger partial charge is 0.326 e. The van der Waals surface area contributed by atoms with Crippen LogP contribution in [0.3, 0.4) is 0 Å². The highest BCUT2D eigenvalue weighted by molar-refractivity contribution is 6.42. The molecule has 0 aromatic heterocycles. The number of carbonyl (C=O) groups is 2. The number of piperidine rings is 1. The fourth-order valence-electron chi connectivity index (χ4n) is 3.65. The number of hydrogen-bond donors (Lipinski definition) is 1. The van der Waals surface area contributed by atoms with Gasteiger partial charge in [-0.05, 0) is 37.0 Å².